The normalized spacial score (nSPS) is 10.9. The summed E-state index contributed by atoms with van der Waals surface area (Å²) in [5, 5.41) is 16.6. The highest BCUT2D eigenvalue weighted by Gasteiger charge is 2.19. The number of benzene rings is 1. The average molecular weight is 387 g/mol. The number of aromatic amines is 1. The molecule has 0 aliphatic carbocycles. The lowest BCUT2D eigenvalue weighted by atomic mass is 10.1. The van der Waals surface area contributed by atoms with E-state index in [1.807, 2.05) is 12.1 Å². The maximum Gasteiger partial charge on any atom is 0.278 e. The highest BCUT2D eigenvalue weighted by Crippen LogP contribution is 2.13. The van der Waals surface area contributed by atoms with E-state index in [1.54, 1.807) is 25.2 Å². The van der Waals surface area contributed by atoms with Gasteiger partial charge in [-0.2, -0.15) is 5.10 Å². The molecule has 0 fully saturated rings. The van der Waals surface area contributed by atoms with E-state index in [9.17, 15) is 9.59 Å². The molecular formula is C19H19ClN4O3. The van der Waals surface area contributed by atoms with Crippen molar-refractivity contribution in [1.82, 2.24) is 20.1 Å². The van der Waals surface area contributed by atoms with Crippen molar-refractivity contribution in [1.29, 1.82) is 0 Å². The third kappa shape index (κ3) is 4.32. The number of halogens is 1. The van der Waals surface area contributed by atoms with Crippen LogP contribution in [0.5, 0.6) is 0 Å². The molecule has 2 aromatic heterocycles. The topological polar surface area (TPSA) is 99.2 Å². The lowest BCUT2D eigenvalue weighted by Gasteiger charge is -2.16. The lowest BCUT2D eigenvalue weighted by Crippen LogP contribution is -2.32. The number of hydrogen-bond donors (Lipinski definition) is 2. The number of amides is 1. The first-order chi connectivity index (χ1) is 13.0. The lowest BCUT2D eigenvalue weighted by molar-refractivity contribution is 0.0777. The Kier molecular flexibility index (Phi) is 5.83. The zero-order chi connectivity index (χ0) is 19.4. The number of carbonyl (C=O) groups excluding carboxylic acids is 1. The molecule has 2 heterocycles. The molecule has 0 spiro atoms. The number of fused-ring (bicyclic) bond motifs is 1. The number of aromatic nitrogens is 3. The molecule has 0 saturated carbocycles. The first-order valence-electron chi connectivity index (χ1n) is 8.47. The molecule has 0 aliphatic rings. The van der Waals surface area contributed by atoms with Gasteiger partial charge in [0, 0.05) is 30.9 Å². The molecule has 3 aromatic rings. The van der Waals surface area contributed by atoms with Crippen LogP contribution in [0.15, 0.2) is 41.3 Å². The zero-order valence-electron chi connectivity index (χ0n) is 14.8. The average Bonchev–Trinajstić information content (AvgIpc) is 2.68. The van der Waals surface area contributed by atoms with Gasteiger partial charge in [-0.1, -0.05) is 23.7 Å². The number of hydrogen-bond acceptors (Lipinski definition) is 5. The van der Waals surface area contributed by atoms with E-state index >= 15 is 0 Å². The predicted molar refractivity (Wildman–Crippen MR) is 103 cm³/mol. The van der Waals surface area contributed by atoms with E-state index in [4.69, 9.17) is 16.7 Å². The second-order valence-electron chi connectivity index (χ2n) is 6.24. The van der Waals surface area contributed by atoms with Gasteiger partial charge in [-0.05, 0) is 36.6 Å². The van der Waals surface area contributed by atoms with Gasteiger partial charge < -0.3 is 10.0 Å². The fourth-order valence-electron chi connectivity index (χ4n) is 2.73. The second-order valence-corrected chi connectivity index (χ2v) is 6.67. The Labute approximate surface area is 160 Å². The zero-order valence-corrected chi connectivity index (χ0v) is 15.5. The SMILES string of the molecule is CN(Cc1ccc(Cl)cc1)C(=O)c1n[nH]c2cnc(CCCO)cc2c1=O. The summed E-state index contributed by atoms with van der Waals surface area (Å²) >= 11 is 5.87. The molecule has 27 heavy (non-hydrogen) atoms. The number of carbonyl (C=O) groups is 1. The predicted octanol–water partition coefficient (Wildman–Crippen LogP) is 2.17. The van der Waals surface area contributed by atoms with E-state index in [2.05, 4.69) is 15.2 Å². The smallest absolute Gasteiger partial charge is 0.278 e. The van der Waals surface area contributed by atoms with Crippen molar-refractivity contribution in [3.05, 3.63) is 68.7 Å². The van der Waals surface area contributed by atoms with Crippen molar-refractivity contribution in [2.75, 3.05) is 13.7 Å². The van der Waals surface area contributed by atoms with Crippen LogP contribution in [-0.2, 0) is 13.0 Å². The largest absolute Gasteiger partial charge is 0.396 e. The minimum absolute atomic E-state index is 0.0473. The molecule has 1 aromatic carbocycles. The van der Waals surface area contributed by atoms with Crippen molar-refractivity contribution in [2.24, 2.45) is 0 Å². The van der Waals surface area contributed by atoms with Crippen molar-refractivity contribution in [3.63, 3.8) is 0 Å². The van der Waals surface area contributed by atoms with Crippen molar-refractivity contribution < 1.29 is 9.90 Å². The first kappa shape index (κ1) is 19.0. The van der Waals surface area contributed by atoms with Crippen LogP contribution < -0.4 is 5.43 Å². The number of aryl methyl sites for hydroxylation is 1. The number of aliphatic hydroxyl groups is 1. The standard InChI is InChI=1S/C19H19ClN4O3/c1-24(11-12-4-6-13(20)7-5-12)19(27)17-18(26)15-9-14(3-2-8-25)21-10-16(15)22-23-17/h4-7,9-10,25H,2-3,8,11H2,1H3,(H,22,26). The van der Waals surface area contributed by atoms with Crippen LogP contribution in [0.2, 0.25) is 5.02 Å². The Morgan fingerprint density at radius 1 is 1.30 bits per heavy atom. The van der Waals surface area contributed by atoms with E-state index in [0.29, 0.717) is 41.0 Å². The summed E-state index contributed by atoms with van der Waals surface area (Å²) in [6.45, 7) is 0.374. The fraction of sp³-hybridized carbons (Fsp3) is 0.263. The maximum absolute atomic E-state index is 12.8. The van der Waals surface area contributed by atoms with Crippen LogP contribution in [0.4, 0.5) is 0 Å². The maximum atomic E-state index is 12.8. The van der Waals surface area contributed by atoms with Gasteiger partial charge in [0.2, 0.25) is 5.43 Å². The molecule has 0 saturated heterocycles. The number of aliphatic hydroxyl groups excluding tert-OH is 1. The number of nitrogens with zero attached hydrogens (tertiary/aromatic N) is 3. The Bertz CT molecular complexity index is 1020. The molecule has 7 nitrogen and oxygen atoms in total. The van der Waals surface area contributed by atoms with Crippen LogP contribution >= 0.6 is 11.6 Å². The van der Waals surface area contributed by atoms with Gasteiger partial charge in [0.05, 0.1) is 17.1 Å². The minimum atomic E-state index is -0.471. The van der Waals surface area contributed by atoms with Gasteiger partial charge in [0.1, 0.15) is 0 Å². The molecule has 0 bridgehead atoms. The van der Waals surface area contributed by atoms with Gasteiger partial charge in [-0.15, -0.1) is 0 Å². The molecule has 2 N–H and O–H groups in total. The van der Waals surface area contributed by atoms with Crippen LogP contribution in [0.25, 0.3) is 10.9 Å². The molecule has 0 unspecified atom stereocenters. The molecule has 0 atom stereocenters. The summed E-state index contributed by atoms with van der Waals surface area (Å²) in [7, 11) is 1.61. The highest BCUT2D eigenvalue weighted by atomic mass is 35.5. The Hall–Kier alpha value is -2.77. The number of nitrogens with one attached hydrogen (secondary N) is 1. The Balaban J connectivity index is 1.88. The van der Waals surface area contributed by atoms with E-state index in [0.717, 1.165) is 5.56 Å². The molecule has 0 radical (unpaired) electrons. The first-order valence-corrected chi connectivity index (χ1v) is 8.85. The van der Waals surface area contributed by atoms with Crippen molar-refractivity contribution in [3.8, 4) is 0 Å². The van der Waals surface area contributed by atoms with Crippen LogP contribution in [0, 0.1) is 0 Å². The molecule has 3 rings (SSSR count). The minimum Gasteiger partial charge on any atom is -0.396 e. The number of H-pyrrole nitrogens is 1. The Morgan fingerprint density at radius 2 is 2.04 bits per heavy atom. The summed E-state index contributed by atoms with van der Waals surface area (Å²) in [4.78, 5) is 31.1. The second kappa shape index (κ2) is 8.28. The summed E-state index contributed by atoms with van der Waals surface area (Å²) < 4.78 is 0. The van der Waals surface area contributed by atoms with E-state index in [1.165, 1.54) is 11.1 Å². The Morgan fingerprint density at radius 3 is 2.74 bits per heavy atom. The number of rotatable bonds is 6. The highest BCUT2D eigenvalue weighted by molar-refractivity contribution is 6.30. The van der Waals surface area contributed by atoms with E-state index < -0.39 is 11.3 Å². The van der Waals surface area contributed by atoms with Crippen LogP contribution in [0.1, 0.15) is 28.2 Å². The van der Waals surface area contributed by atoms with Gasteiger partial charge in [-0.3, -0.25) is 19.7 Å². The third-order valence-corrected chi connectivity index (χ3v) is 4.43. The summed E-state index contributed by atoms with van der Waals surface area (Å²) in [6.07, 6.45) is 2.62. The molecule has 140 valence electrons. The third-order valence-electron chi connectivity index (χ3n) is 4.18. The van der Waals surface area contributed by atoms with Crippen molar-refractivity contribution >= 4 is 28.4 Å². The van der Waals surface area contributed by atoms with Gasteiger partial charge in [-0.25, -0.2) is 0 Å². The summed E-state index contributed by atoms with van der Waals surface area (Å²) in [5.74, 6) is -0.471. The van der Waals surface area contributed by atoms with Crippen molar-refractivity contribution in [2.45, 2.75) is 19.4 Å². The van der Waals surface area contributed by atoms with Crippen LogP contribution in [-0.4, -0.2) is 44.7 Å². The summed E-state index contributed by atoms with van der Waals surface area (Å²) in [6, 6.07) is 8.78. The fourth-order valence-corrected chi connectivity index (χ4v) is 2.85. The van der Waals surface area contributed by atoms with E-state index in [-0.39, 0.29) is 12.3 Å². The van der Waals surface area contributed by atoms with Gasteiger partial charge in [0.25, 0.3) is 5.91 Å². The molecule has 1 amide bonds. The molecule has 8 heteroatoms. The van der Waals surface area contributed by atoms with Gasteiger partial charge in [0.15, 0.2) is 5.69 Å². The molecule has 0 aliphatic heterocycles. The number of pyridine rings is 1. The quantitative estimate of drug-likeness (QED) is 0.676. The monoisotopic (exact) mass is 386 g/mol. The van der Waals surface area contributed by atoms with Crippen LogP contribution in [0.3, 0.4) is 0 Å². The molecular weight excluding hydrogens is 368 g/mol. The van der Waals surface area contributed by atoms with Gasteiger partial charge >= 0.3 is 0 Å². The summed E-state index contributed by atoms with van der Waals surface area (Å²) in [5.41, 5.74) is 1.43.